The molecule has 2 nitrogen and oxygen atoms in total. The van der Waals surface area contributed by atoms with Crippen molar-refractivity contribution in [2.24, 2.45) is 0 Å². The van der Waals surface area contributed by atoms with Gasteiger partial charge in [0.05, 0.1) is 0 Å². The molecule has 0 fully saturated rings. The number of alkyl halides is 1. The second-order valence-corrected chi connectivity index (χ2v) is 3.25. The number of rotatable bonds is 3. The highest BCUT2D eigenvalue weighted by molar-refractivity contribution is 6.16. The molecular formula is C11H11FO2. The number of hydrogen-bond acceptors (Lipinski definition) is 2. The Bertz CT molecular complexity index is 355. The fourth-order valence-corrected chi connectivity index (χ4v) is 1.02. The summed E-state index contributed by atoms with van der Waals surface area (Å²) in [5.74, 6) is -1.56. The number of benzene rings is 1. The maximum atomic E-state index is 13.6. The van der Waals surface area contributed by atoms with E-state index < -0.39 is 17.2 Å². The monoisotopic (exact) mass is 194 g/mol. The lowest BCUT2D eigenvalue weighted by molar-refractivity contribution is -0.124. The molecule has 0 aromatic heterocycles. The first-order chi connectivity index (χ1) is 6.46. The molecule has 0 spiro atoms. The SMILES string of the molecule is CC(=O)[C@@](C)(F)C(=O)c1ccccc1. The van der Waals surface area contributed by atoms with Crippen LogP contribution in [-0.4, -0.2) is 17.2 Å². The predicted molar refractivity (Wildman–Crippen MR) is 51.0 cm³/mol. The first-order valence-corrected chi connectivity index (χ1v) is 4.26. The molecule has 0 aliphatic rings. The van der Waals surface area contributed by atoms with Gasteiger partial charge >= 0.3 is 0 Å². The van der Waals surface area contributed by atoms with Crippen molar-refractivity contribution in [2.75, 3.05) is 0 Å². The van der Waals surface area contributed by atoms with E-state index in [4.69, 9.17) is 0 Å². The molecule has 1 aromatic carbocycles. The number of carbonyl (C=O) groups excluding carboxylic acids is 2. The van der Waals surface area contributed by atoms with Crippen molar-refractivity contribution in [3.63, 3.8) is 0 Å². The zero-order chi connectivity index (χ0) is 10.8. The number of hydrogen-bond donors (Lipinski definition) is 0. The number of carbonyl (C=O) groups is 2. The summed E-state index contributed by atoms with van der Waals surface area (Å²) >= 11 is 0. The Kier molecular flexibility index (Phi) is 2.79. The third kappa shape index (κ3) is 1.87. The molecule has 1 atom stereocenters. The van der Waals surface area contributed by atoms with E-state index >= 15 is 0 Å². The minimum atomic E-state index is -2.42. The van der Waals surface area contributed by atoms with Crippen LogP contribution in [0.2, 0.25) is 0 Å². The summed E-state index contributed by atoms with van der Waals surface area (Å²) in [5, 5.41) is 0. The smallest absolute Gasteiger partial charge is 0.227 e. The van der Waals surface area contributed by atoms with Crippen molar-refractivity contribution in [2.45, 2.75) is 19.5 Å². The molecule has 0 N–H and O–H groups in total. The highest BCUT2D eigenvalue weighted by atomic mass is 19.1. The standard InChI is InChI=1S/C11H11FO2/c1-8(13)11(2,12)10(14)9-6-4-3-5-7-9/h3-7H,1-2H3/t11-/m1/s1. The highest BCUT2D eigenvalue weighted by Gasteiger charge is 2.38. The van der Waals surface area contributed by atoms with Crippen LogP contribution in [0.3, 0.4) is 0 Å². The minimum Gasteiger partial charge on any atom is -0.296 e. The number of ketones is 2. The van der Waals surface area contributed by atoms with Crippen molar-refractivity contribution in [3.05, 3.63) is 35.9 Å². The molecular weight excluding hydrogens is 183 g/mol. The Balaban J connectivity index is 3.03. The van der Waals surface area contributed by atoms with E-state index in [1.165, 1.54) is 12.1 Å². The van der Waals surface area contributed by atoms with Gasteiger partial charge in [0.2, 0.25) is 11.5 Å². The Morgan fingerprint density at radius 2 is 1.71 bits per heavy atom. The third-order valence-electron chi connectivity index (χ3n) is 2.12. The molecule has 0 saturated carbocycles. The Hall–Kier alpha value is -1.51. The first-order valence-electron chi connectivity index (χ1n) is 4.26. The molecule has 3 heteroatoms. The molecule has 0 radical (unpaired) electrons. The first kappa shape index (κ1) is 10.6. The minimum absolute atomic E-state index is 0.215. The summed E-state index contributed by atoms with van der Waals surface area (Å²) < 4.78 is 13.6. The Labute approximate surface area is 81.7 Å². The van der Waals surface area contributed by atoms with Crippen molar-refractivity contribution in [1.82, 2.24) is 0 Å². The molecule has 0 heterocycles. The largest absolute Gasteiger partial charge is 0.296 e. The topological polar surface area (TPSA) is 34.1 Å². The van der Waals surface area contributed by atoms with Crippen LogP contribution in [0.5, 0.6) is 0 Å². The van der Waals surface area contributed by atoms with E-state index in [1.807, 2.05) is 0 Å². The molecule has 74 valence electrons. The number of halogens is 1. The summed E-state index contributed by atoms with van der Waals surface area (Å²) in [5.41, 5.74) is -2.20. The lowest BCUT2D eigenvalue weighted by Crippen LogP contribution is -2.37. The van der Waals surface area contributed by atoms with Crippen LogP contribution in [0.15, 0.2) is 30.3 Å². The van der Waals surface area contributed by atoms with Crippen LogP contribution in [0.25, 0.3) is 0 Å². The van der Waals surface area contributed by atoms with Gasteiger partial charge in [0.15, 0.2) is 5.78 Å². The van der Waals surface area contributed by atoms with Gasteiger partial charge in [0, 0.05) is 5.56 Å². The van der Waals surface area contributed by atoms with Crippen molar-refractivity contribution in [1.29, 1.82) is 0 Å². The van der Waals surface area contributed by atoms with Crippen molar-refractivity contribution < 1.29 is 14.0 Å². The van der Waals surface area contributed by atoms with Gasteiger partial charge in [-0.25, -0.2) is 4.39 Å². The van der Waals surface area contributed by atoms with Crippen molar-refractivity contribution in [3.8, 4) is 0 Å². The van der Waals surface area contributed by atoms with Gasteiger partial charge in [-0.1, -0.05) is 30.3 Å². The van der Waals surface area contributed by atoms with Crippen LogP contribution in [0.1, 0.15) is 24.2 Å². The third-order valence-corrected chi connectivity index (χ3v) is 2.12. The van der Waals surface area contributed by atoms with Crippen LogP contribution >= 0.6 is 0 Å². The van der Waals surface area contributed by atoms with E-state index in [-0.39, 0.29) is 5.56 Å². The maximum absolute atomic E-state index is 13.6. The lowest BCUT2D eigenvalue weighted by Gasteiger charge is -2.14. The zero-order valence-electron chi connectivity index (χ0n) is 8.08. The summed E-state index contributed by atoms with van der Waals surface area (Å²) in [4.78, 5) is 22.4. The second-order valence-electron chi connectivity index (χ2n) is 3.25. The molecule has 1 aromatic rings. The van der Waals surface area contributed by atoms with Gasteiger partial charge in [-0.2, -0.15) is 0 Å². The van der Waals surface area contributed by atoms with Crippen LogP contribution < -0.4 is 0 Å². The highest BCUT2D eigenvalue weighted by Crippen LogP contribution is 2.18. The summed E-state index contributed by atoms with van der Waals surface area (Å²) in [6.07, 6.45) is 0. The van der Waals surface area contributed by atoms with Crippen LogP contribution in [0.4, 0.5) is 4.39 Å². The maximum Gasteiger partial charge on any atom is 0.227 e. The van der Waals surface area contributed by atoms with Crippen LogP contribution in [0, 0.1) is 0 Å². The van der Waals surface area contributed by atoms with Gasteiger partial charge in [-0.3, -0.25) is 9.59 Å². The van der Waals surface area contributed by atoms with E-state index in [0.717, 1.165) is 13.8 Å². The normalized spacial score (nSPS) is 14.5. The Morgan fingerprint density at radius 1 is 1.21 bits per heavy atom. The van der Waals surface area contributed by atoms with E-state index in [2.05, 4.69) is 0 Å². The molecule has 0 aliphatic heterocycles. The van der Waals surface area contributed by atoms with Gasteiger partial charge in [0.25, 0.3) is 0 Å². The van der Waals surface area contributed by atoms with Crippen molar-refractivity contribution >= 4 is 11.6 Å². The van der Waals surface area contributed by atoms with E-state index in [9.17, 15) is 14.0 Å². The molecule has 0 aliphatic carbocycles. The second kappa shape index (κ2) is 3.70. The lowest BCUT2D eigenvalue weighted by atomic mass is 9.93. The quantitative estimate of drug-likeness (QED) is 0.546. The van der Waals surface area contributed by atoms with Gasteiger partial charge in [0.1, 0.15) is 0 Å². The molecule has 0 unspecified atom stereocenters. The molecule has 0 saturated heterocycles. The molecule has 0 bridgehead atoms. The summed E-state index contributed by atoms with van der Waals surface area (Å²) in [6.45, 7) is 2.06. The zero-order valence-corrected chi connectivity index (χ0v) is 8.08. The van der Waals surface area contributed by atoms with Crippen LogP contribution in [-0.2, 0) is 4.79 Å². The Morgan fingerprint density at radius 3 is 2.14 bits per heavy atom. The van der Waals surface area contributed by atoms with Gasteiger partial charge < -0.3 is 0 Å². The number of Topliss-reactive ketones (excluding diaryl/α,β-unsaturated/α-hetero) is 2. The van der Waals surface area contributed by atoms with E-state index in [0.29, 0.717) is 0 Å². The summed E-state index contributed by atoms with van der Waals surface area (Å²) in [7, 11) is 0. The van der Waals surface area contributed by atoms with Gasteiger partial charge in [-0.05, 0) is 13.8 Å². The average Bonchev–Trinajstić information content (AvgIpc) is 2.17. The fraction of sp³-hybridized carbons (Fsp3) is 0.273. The fourth-order valence-electron chi connectivity index (χ4n) is 1.02. The van der Waals surface area contributed by atoms with Gasteiger partial charge in [-0.15, -0.1) is 0 Å². The van der Waals surface area contributed by atoms with E-state index in [1.54, 1.807) is 18.2 Å². The molecule has 1 rings (SSSR count). The molecule has 0 amide bonds. The predicted octanol–water partition coefficient (Wildman–Crippen LogP) is 2.19. The molecule has 14 heavy (non-hydrogen) atoms. The average molecular weight is 194 g/mol. The summed E-state index contributed by atoms with van der Waals surface area (Å²) in [6, 6.07) is 7.96.